The summed E-state index contributed by atoms with van der Waals surface area (Å²) < 4.78 is 2.61. The molecule has 0 bridgehead atoms. The summed E-state index contributed by atoms with van der Waals surface area (Å²) in [4.78, 5) is 23.8. The van der Waals surface area contributed by atoms with Crippen LogP contribution in [0.25, 0.3) is 21.8 Å². The molecule has 0 radical (unpaired) electrons. The summed E-state index contributed by atoms with van der Waals surface area (Å²) in [6, 6.07) is 7.24. The van der Waals surface area contributed by atoms with Gasteiger partial charge in [0, 0.05) is 29.6 Å². The number of hydrogen-bond acceptors (Lipinski definition) is 5. The molecule has 0 atom stereocenters. The fourth-order valence-corrected chi connectivity index (χ4v) is 3.81. The number of fused-ring (bicyclic) bond motifs is 3. The van der Waals surface area contributed by atoms with Crippen molar-refractivity contribution in [2.24, 2.45) is 7.05 Å². The molecule has 0 aliphatic carbocycles. The average Bonchev–Trinajstić information content (AvgIpc) is 3.09. The van der Waals surface area contributed by atoms with Crippen LogP contribution in [-0.2, 0) is 13.6 Å². The Bertz CT molecular complexity index is 1240. The van der Waals surface area contributed by atoms with Crippen molar-refractivity contribution in [3.63, 3.8) is 0 Å². The highest BCUT2D eigenvalue weighted by Gasteiger charge is 2.21. The Hall–Kier alpha value is -2.71. The maximum Gasteiger partial charge on any atom is 0.255 e. The van der Waals surface area contributed by atoms with E-state index in [2.05, 4.69) is 31.0 Å². The van der Waals surface area contributed by atoms with E-state index in [-0.39, 0.29) is 5.91 Å². The number of nitrogens with two attached hydrogens (primary N) is 1. The number of carbonyl (C=O) groups is 1. The molecule has 4 rings (SSSR count). The summed E-state index contributed by atoms with van der Waals surface area (Å²) >= 11 is 9.84. The SMILES string of the molecule is CCN(Cc1ccc(Br)cn1)C(=O)c1cc2c(cc1Cl)nc(N)c1cnn(C)c12. The Labute approximate surface area is 180 Å². The molecule has 148 valence electrons. The van der Waals surface area contributed by atoms with Gasteiger partial charge in [0.15, 0.2) is 0 Å². The maximum absolute atomic E-state index is 13.3. The molecule has 1 amide bonds. The minimum Gasteiger partial charge on any atom is -0.383 e. The second-order valence-corrected chi connectivity index (χ2v) is 7.99. The summed E-state index contributed by atoms with van der Waals surface area (Å²) in [5, 5.41) is 6.13. The molecule has 0 saturated heterocycles. The van der Waals surface area contributed by atoms with E-state index < -0.39 is 0 Å². The summed E-state index contributed by atoms with van der Waals surface area (Å²) in [5.41, 5.74) is 8.70. The average molecular weight is 474 g/mol. The normalized spacial score (nSPS) is 11.3. The van der Waals surface area contributed by atoms with Crippen LogP contribution >= 0.6 is 27.5 Å². The molecule has 0 fully saturated rings. The van der Waals surface area contributed by atoms with Gasteiger partial charge >= 0.3 is 0 Å². The zero-order valence-corrected chi connectivity index (χ0v) is 18.2. The molecule has 3 heterocycles. The number of hydrogen-bond donors (Lipinski definition) is 1. The first-order valence-corrected chi connectivity index (χ1v) is 10.2. The van der Waals surface area contributed by atoms with Crippen molar-refractivity contribution in [1.29, 1.82) is 0 Å². The Morgan fingerprint density at radius 1 is 1.28 bits per heavy atom. The van der Waals surface area contributed by atoms with Crippen LogP contribution in [0.15, 0.2) is 41.1 Å². The molecule has 3 aromatic heterocycles. The third-order valence-corrected chi connectivity index (χ3v) is 5.62. The standard InChI is InChI=1S/C20H18BrClN6O/c1-3-28(10-12-5-4-11(21)8-24-12)20(29)13-6-14-17(7-16(13)22)26-19(23)15-9-25-27(2)18(14)15/h4-9H,3,10H2,1-2H3,(H2,23,26). The summed E-state index contributed by atoms with van der Waals surface area (Å²) in [6.07, 6.45) is 3.39. The van der Waals surface area contributed by atoms with E-state index in [1.54, 1.807) is 34.1 Å². The first kappa shape index (κ1) is 19.6. The van der Waals surface area contributed by atoms with Gasteiger partial charge in [-0.3, -0.25) is 14.5 Å². The Morgan fingerprint density at radius 2 is 2.07 bits per heavy atom. The lowest BCUT2D eigenvalue weighted by molar-refractivity contribution is 0.0751. The van der Waals surface area contributed by atoms with E-state index in [1.807, 2.05) is 26.1 Å². The number of aryl methyl sites for hydroxylation is 1. The monoisotopic (exact) mass is 472 g/mol. The van der Waals surface area contributed by atoms with Gasteiger partial charge in [0.1, 0.15) is 5.82 Å². The first-order chi connectivity index (χ1) is 13.9. The Balaban J connectivity index is 1.79. The van der Waals surface area contributed by atoms with Crippen molar-refractivity contribution in [3.8, 4) is 0 Å². The second-order valence-electron chi connectivity index (χ2n) is 6.66. The molecule has 0 saturated carbocycles. The van der Waals surface area contributed by atoms with E-state index in [1.165, 1.54) is 0 Å². The largest absolute Gasteiger partial charge is 0.383 e. The molecule has 0 aliphatic rings. The topological polar surface area (TPSA) is 89.9 Å². The Morgan fingerprint density at radius 3 is 2.76 bits per heavy atom. The van der Waals surface area contributed by atoms with Crippen molar-refractivity contribution in [2.75, 3.05) is 12.3 Å². The molecule has 4 aromatic rings. The van der Waals surface area contributed by atoms with Gasteiger partial charge in [-0.1, -0.05) is 11.6 Å². The van der Waals surface area contributed by atoms with Crippen LogP contribution in [0.3, 0.4) is 0 Å². The number of halogens is 2. The molecule has 7 nitrogen and oxygen atoms in total. The molecular formula is C20H18BrClN6O. The smallest absolute Gasteiger partial charge is 0.255 e. The van der Waals surface area contributed by atoms with Crippen LogP contribution in [0.1, 0.15) is 23.0 Å². The zero-order valence-electron chi connectivity index (χ0n) is 15.9. The number of benzene rings is 1. The van der Waals surface area contributed by atoms with Crippen LogP contribution in [0.2, 0.25) is 5.02 Å². The van der Waals surface area contributed by atoms with Crippen LogP contribution in [0.5, 0.6) is 0 Å². The lowest BCUT2D eigenvalue weighted by Crippen LogP contribution is -2.30. The lowest BCUT2D eigenvalue weighted by atomic mass is 10.1. The molecule has 2 N–H and O–H groups in total. The predicted molar refractivity (Wildman–Crippen MR) is 118 cm³/mol. The van der Waals surface area contributed by atoms with Crippen LogP contribution < -0.4 is 5.73 Å². The summed E-state index contributed by atoms with van der Waals surface area (Å²) in [6.45, 7) is 2.83. The maximum atomic E-state index is 13.3. The number of nitrogen functional groups attached to an aromatic ring is 1. The van der Waals surface area contributed by atoms with Crippen molar-refractivity contribution in [3.05, 3.63) is 57.4 Å². The van der Waals surface area contributed by atoms with Crippen LogP contribution in [0.4, 0.5) is 5.82 Å². The van der Waals surface area contributed by atoms with Crippen LogP contribution in [-0.4, -0.2) is 37.1 Å². The highest BCUT2D eigenvalue weighted by Crippen LogP contribution is 2.32. The number of carbonyl (C=O) groups excluding carboxylic acids is 1. The van der Waals surface area contributed by atoms with Gasteiger partial charge in [0.05, 0.1) is 45.4 Å². The number of aromatic nitrogens is 4. The fourth-order valence-electron chi connectivity index (χ4n) is 3.34. The van der Waals surface area contributed by atoms with E-state index in [0.29, 0.717) is 35.0 Å². The van der Waals surface area contributed by atoms with Gasteiger partial charge in [0.25, 0.3) is 5.91 Å². The number of pyridine rings is 2. The van der Waals surface area contributed by atoms with Gasteiger partial charge in [-0.25, -0.2) is 4.98 Å². The zero-order chi connectivity index (χ0) is 20.7. The summed E-state index contributed by atoms with van der Waals surface area (Å²) in [7, 11) is 1.83. The highest BCUT2D eigenvalue weighted by atomic mass is 79.9. The van der Waals surface area contributed by atoms with Crippen molar-refractivity contribution >= 4 is 61.1 Å². The molecule has 0 spiro atoms. The van der Waals surface area contributed by atoms with Gasteiger partial charge < -0.3 is 10.6 Å². The molecule has 9 heteroatoms. The van der Waals surface area contributed by atoms with Gasteiger partial charge in [0.2, 0.25) is 0 Å². The number of rotatable bonds is 4. The number of amides is 1. The second kappa shape index (κ2) is 7.61. The minimum absolute atomic E-state index is 0.170. The summed E-state index contributed by atoms with van der Waals surface area (Å²) in [5.74, 6) is 0.212. The third kappa shape index (κ3) is 3.54. The molecule has 0 aliphatic heterocycles. The highest BCUT2D eigenvalue weighted by molar-refractivity contribution is 9.10. The van der Waals surface area contributed by atoms with Crippen molar-refractivity contribution < 1.29 is 4.79 Å². The Kier molecular flexibility index (Phi) is 5.14. The quantitative estimate of drug-likeness (QED) is 0.480. The van der Waals surface area contributed by atoms with E-state index in [4.69, 9.17) is 17.3 Å². The fraction of sp³-hybridized carbons (Fsp3) is 0.200. The molecular weight excluding hydrogens is 456 g/mol. The van der Waals surface area contributed by atoms with Gasteiger partial charge in [-0.15, -0.1) is 0 Å². The molecule has 29 heavy (non-hydrogen) atoms. The number of anilines is 1. The molecule has 0 unspecified atom stereocenters. The van der Waals surface area contributed by atoms with E-state index in [9.17, 15) is 4.79 Å². The van der Waals surface area contributed by atoms with E-state index >= 15 is 0 Å². The van der Waals surface area contributed by atoms with Crippen molar-refractivity contribution in [1.82, 2.24) is 24.6 Å². The minimum atomic E-state index is -0.170. The number of nitrogens with zero attached hydrogens (tertiary/aromatic N) is 5. The van der Waals surface area contributed by atoms with Gasteiger partial charge in [-0.2, -0.15) is 5.10 Å². The molecule has 1 aromatic carbocycles. The third-order valence-electron chi connectivity index (χ3n) is 4.84. The van der Waals surface area contributed by atoms with E-state index in [0.717, 1.165) is 26.5 Å². The predicted octanol–water partition coefficient (Wildman–Crippen LogP) is 4.18. The van der Waals surface area contributed by atoms with Crippen LogP contribution in [0, 0.1) is 0 Å². The lowest BCUT2D eigenvalue weighted by Gasteiger charge is -2.21. The first-order valence-electron chi connectivity index (χ1n) is 8.99. The van der Waals surface area contributed by atoms with Crippen molar-refractivity contribution in [2.45, 2.75) is 13.5 Å². The van der Waals surface area contributed by atoms with Gasteiger partial charge in [-0.05, 0) is 47.1 Å².